The third-order valence-electron chi connectivity index (χ3n) is 5.27. The standard InChI is InChI=1S/C21H16Cl2N4O2/c22-14-4-1-3-13(18(14)23)19-17-15(5-2-6-16(17)29)24-21-25-20(26-27(19)21)11-7-9-12(28)10-8-11/h1,3-4,7-10,19,28H,2,5-6H2,(H,24,25,26). The van der Waals surface area contributed by atoms with Crippen LogP contribution in [-0.4, -0.2) is 25.7 Å². The molecule has 0 radical (unpaired) electrons. The summed E-state index contributed by atoms with van der Waals surface area (Å²) in [6.07, 6.45) is 2.04. The van der Waals surface area contributed by atoms with Crippen molar-refractivity contribution in [1.29, 1.82) is 0 Å². The van der Waals surface area contributed by atoms with E-state index in [2.05, 4.69) is 15.4 Å². The Kier molecular flexibility index (Phi) is 4.33. The van der Waals surface area contributed by atoms with E-state index in [4.69, 9.17) is 23.2 Å². The maximum absolute atomic E-state index is 12.9. The Balaban J connectivity index is 1.71. The van der Waals surface area contributed by atoms with Crippen molar-refractivity contribution in [2.75, 3.05) is 5.32 Å². The number of phenolic OH excluding ortho intramolecular Hbond substituents is 1. The molecule has 5 rings (SSSR count). The van der Waals surface area contributed by atoms with Crippen molar-refractivity contribution in [3.8, 4) is 17.1 Å². The molecule has 3 aromatic rings. The van der Waals surface area contributed by atoms with Crippen LogP contribution in [0.4, 0.5) is 5.95 Å². The summed E-state index contributed by atoms with van der Waals surface area (Å²) >= 11 is 12.8. The number of hydrogen-bond donors (Lipinski definition) is 2. The molecular weight excluding hydrogens is 411 g/mol. The lowest BCUT2D eigenvalue weighted by atomic mass is 9.85. The molecule has 1 aliphatic heterocycles. The van der Waals surface area contributed by atoms with Crippen LogP contribution in [0, 0.1) is 0 Å². The van der Waals surface area contributed by atoms with Gasteiger partial charge in [0, 0.05) is 28.8 Å². The second kappa shape index (κ2) is 6.90. The molecule has 2 aliphatic rings. The molecule has 0 amide bonds. The number of phenols is 1. The van der Waals surface area contributed by atoms with Crippen LogP contribution in [0.5, 0.6) is 5.75 Å². The molecule has 0 spiro atoms. The molecule has 2 heterocycles. The van der Waals surface area contributed by atoms with Crippen molar-refractivity contribution < 1.29 is 9.90 Å². The fourth-order valence-corrected chi connectivity index (χ4v) is 4.32. The van der Waals surface area contributed by atoms with Gasteiger partial charge in [-0.15, -0.1) is 5.10 Å². The van der Waals surface area contributed by atoms with Crippen molar-refractivity contribution in [1.82, 2.24) is 14.8 Å². The summed E-state index contributed by atoms with van der Waals surface area (Å²) in [6, 6.07) is 11.6. The summed E-state index contributed by atoms with van der Waals surface area (Å²) in [5.74, 6) is 1.28. The number of nitrogens with zero attached hydrogens (tertiary/aromatic N) is 3. The van der Waals surface area contributed by atoms with Gasteiger partial charge in [0.15, 0.2) is 11.6 Å². The summed E-state index contributed by atoms with van der Waals surface area (Å²) in [7, 11) is 0. The number of halogens is 2. The van der Waals surface area contributed by atoms with Crippen molar-refractivity contribution in [2.45, 2.75) is 25.3 Å². The topological polar surface area (TPSA) is 80.0 Å². The number of carbonyl (C=O) groups is 1. The van der Waals surface area contributed by atoms with Crippen LogP contribution in [0.1, 0.15) is 30.9 Å². The monoisotopic (exact) mass is 426 g/mol. The van der Waals surface area contributed by atoms with E-state index in [1.807, 2.05) is 12.1 Å². The van der Waals surface area contributed by atoms with Gasteiger partial charge in [0.1, 0.15) is 11.8 Å². The molecule has 146 valence electrons. The van der Waals surface area contributed by atoms with Gasteiger partial charge in [-0.1, -0.05) is 35.3 Å². The molecule has 2 N–H and O–H groups in total. The molecule has 1 aromatic heterocycles. The van der Waals surface area contributed by atoms with Crippen LogP contribution < -0.4 is 5.32 Å². The highest BCUT2D eigenvalue weighted by atomic mass is 35.5. The molecule has 1 unspecified atom stereocenters. The number of Topliss-reactive ketones (excluding diaryl/α,β-unsaturated/α-hetero) is 1. The van der Waals surface area contributed by atoms with Gasteiger partial charge in [-0.3, -0.25) is 4.79 Å². The van der Waals surface area contributed by atoms with Crippen LogP contribution in [-0.2, 0) is 4.79 Å². The first-order chi connectivity index (χ1) is 14.0. The highest BCUT2D eigenvalue weighted by Gasteiger charge is 2.38. The van der Waals surface area contributed by atoms with Crippen LogP contribution in [0.2, 0.25) is 10.0 Å². The maximum atomic E-state index is 12.9. The highest BCUT2D eigenvalue weighted by molar-refractivity contribution is 6.42. The Morgan fingerprint density at radius 1 is 1.10 bits per heavy atom. The van der Waals surface area contributed by atoms with Gasteiger partial charge in [0.05, 0.1) is 10.0 Å². The summed E-state index contributed by atoms with van der Waals surface area (Å²) in [5.41, 5.74) is 2.99. The minimum absolute atomic E-state index is 0.0760. The first-order valence-corrected chi connectivity index (χ1v) is 10.0. The molecule has 1 atom stereocenters. The average molecular weight is 427 g/mol. The molecule has 1 aliphatic carbocycles. The predicted molar refractivity (Wildman–Crippen MR) is 111 cm³/mol. The molecule has 0 saturated carbocycles. The van der Waals surface area contributed by atoms with Crippen LogP contribution in [0.15, 0.2) is 53.7 Å². The Bertz CT molecular complexity index is 1170. The third kappa shape index (κ3) is 2.99. The van der Waals surface area contributed by atoms with Crippen molar-refractivity contribution in [3.05, 3.63) is 69.3 Å². The van der Waals surface area contributed by atoms with E-state index in [1.165, 1.54) is 0 Å². The Morgan fingerprint density at radius 3 is 2.69 bits per heavy atom. The third-order valence-corrected chi connectivity index (χ3v) is 6.10. The van der Waals surface area contributed by atoms with E-state index >= 15 is 0 Å². The van der Waals surface area contributed by atoms with Crippen LogP contribution in [0.3, 0.4) is 0 Å². The molecule has 0 saturated heterocycles. The molecule has 29 heavy (non-hydrogen) atoms. The number of benzene rings is 2. The van der Waals surface area contributed by atoms with E-state index in [-0.39, 0.29) is 11.5 Å². The smallest absolute Gasteiger partial charge is 0.226 e. The van der Waals surface area contributed by atoms with E-state index in [0.717, 1.165) is 24.1 Å². The number of aromatic hydroxyl groups is 1. The highest BCUT2D eigenvalue weighted by Crippen LogP contribution is 2.43. The Morgan fingerprint density at radius 2 is 1.90 bits per heavy atom. The van der Waals surface area contributed by atoms with E-state index < -0.39 is 6.04 Å². The van der Waals surface area contributed by atoms with Gasteiger partial charge in [0.25, 0.3) is 0 Å². The second-order valence-electron chi connectivity index (χ2n) is 7.09. The zero-order chi connectivity index (χ0) is 20.1. The molecule has 2 aromatic carbocycles. The first-order valence-electron chi connectivity index (χ1n) is 9.26. The number of fused-ring (bicyclic) bond motifs is 1. The maximum Gasteiger partial charge on any atom is 0.226 e. The lowest BCUT2D eigenvalue weighted by Crippen LogP contribution is -2.31. The predicted octanol–water partition coefficient (Wildman–Crippen LogP) is 4.98. The van der Waals surface area contributed by atoms with Gasteiger partial charge in [0.2, 0.25) is 5.95 Å². The van der Waals surface area contributed by atoms with Gasteiger partial charge in [-0.05, 0) is 43.2 Å². The van der Waals surface area contributed by atoms with E-state index in [1.54, 1.807) is 35.0 Å². The fourth-order valence-electron chi connectivity index (χ4n) is 3.91. The average Bonchev–Trinajstić information content (AvgIpc) is 3.13. The van der Waals surface area contributed by atoms with Crippen LogP contribution >= 0.6 is 23.2 Å². The fraction of sp³-hybridized carbons (Fsp3) is 0.190. The normalized spacial score (nSPS) is 18.3. The number of anilines is 1. The zero-order valence-electron chi connectivity index (χ0n) is 15.2. The van der Waals surface area contributed by atoms with Gasteiger partial charge in [-0.2, -0.15) is 4.98 Å². The van der Waals surface area contributed by atoms with Gasteiger partial charge >= 0.3 is 0 Å². The molecular formula is C21H16Cl2N4O2. The molecule has 6 nitrogen and oxygen atoms in total. The number of ketones is 1. The quantitative estimate of drug-likeness (QED) is 0.603. The summed E-state index contributed by atoms with van der Waals surface area (Å²) in [6.45, 7) is 0. The Labute approximate surface area is 176 Å². The second-order valence-corrected chi connectivity index (χ2v) is 7.88. The number of aromatic nitrogens is 3. The Hall–Kier alpha value is -2.83. The van der Waals surface area contributed by atoms with Crippen LogP contribution in [0.25, 0.3) is 11.4 Å². The summed E-state index contributed by atoms with van der Waals surface area (Å²) < 4.78 is 1.70. The number of allylic oxidation sites excluding steroid dienone is 2. The number of nitrogens with one attached hydrogen (secondary N) is 1. The lowest BCUT2D eigenvalue weighted by Gasteiger charge is -2.32. The minimum Gasteiger partial charge on any atom is -0.508 e. The first kappa shape index (κ1) is 18.2. The summed E-state index contributed by atoms with van der Waals surface area (Å²) in [4.78, 5) is 17.5. The number of carbonyl (C=O) groups excluding carboxylic acids is 1. The van der Waals surface area contributed by atoms with Gasteiger partial charge in [-0.25, -0.2) is 4.68 Å². The molecule has 8 heteroatoms. The molecule has 0 fully saturated rings. The zero-order valence-corrected chi connectivity index (χ0v) is 16.7. The van der Waals surface area contributed by atoms with Crippen molar-refractivity contribution in [3.63, 3.8) is 0 Å². The number of rotatable bonds is 2. The minimum atomic E-state index is -0.501. The summed E-state index contributed by atoms with van der Waals surface area (Å²) in [5, 5.41) is 18.3. The van der Waals surface area contributed by atoms with E-state index in [0.29, 0.717) is 39.4 Å². The lowest BCUT2D eigenvalue weighted by molar-refractivity contribution is -0.116. The molecule has 0 bridgehead atoms. The van der Waals surface area contributed by atoms with Crippen molar-refractivity contribution >= 4 is 34.9 Å². The van der Waals surface area contributed by atoms with Crippen molar-refractivity contribution in [2.24, 2.45) is 0 Å². The SMILES string of the molecule is O=C1CCCC2=C1C(c1cccc(Cl)c1Cl)n1nc(-c3ccc(O)cc3)nc1N2. The largest absolute Gasteiger partial charge is 0.508 e. The number of hydrogen-bond acceptors (Lipinski definition) is 5. The van der Waals surface area contributed by atoms with E-state index in [9.17, 15) is 9.90 Å². The van der Waals surface area contributed by atoms with Gasteiger partial charge < -0.3 is 10.4 Å².